The topological polar surface area (TPSA) is 69.3 Å². The number of rotatable bonds is 2. The highest BCUT2D eigenvalue weighted by molar-refractivity contribution is 5.96. The number of carbonyl (C=O) groups excluding carboxylic acids is 2. The Bertz CT molecular complexity index is 539. The van der Waals surface area contributed by atoms with Crippen LogP contribution in [0, 0.1) is 13.8 Å². The SMILES string of the molecule is Cc1n[nH]c(C)c1C(=O)N1CCC(N2CCCC2=O)CC1. The minimum Gasteiger partial charge on any atom is -0.340 e. The number of piperidine rings is 1. The highest BCUT2D eigenvalue weighted by Crippen LogP contribution is 2.23. The number of hydrogen-bond acceptors (Lipinski definition) is 3. The molecule has 0 radical (unpaired) electrons. The number of aromatic amines is 1. The summed E-state index contributed by atoms with van der Waals surface area (Å²) in [4.78, 5) is 28.3. The lowest BCUT2D eigenvalue weighted by atomic mass is 10.0. The maximum Gasteiger partial charge on any atom is 0.257 e. The third-order valence-electron chi connectivity index (χ3n) is 4.64. The zero-order valence-corrected chi connectivity index (χ0v) is 12.7. The number of amides is 2. The molecule has 3 heterocycles. The monoisotopic (exact) mass is 290 g/mol. The zero-order valence-electron chi connectivity index (χ0n) is 12.7. The first-order valence-electron chi connectivity index (χ1n) is 7.68. The van der Waals surface area contributed by atoms with Gasteiger partial charge in [-0.3, -0.25) is 14.7 Å². The van der Waals surface area contributed by atoms with Crippen molar-refractivity contribution >= 4 is 11.8 Å². The van der Waals surface area contributed by atoms with E-state index in [4.69, 9.17) is 0 Å². The van der Waals surface area contributed by atoms with Crippen LogP contribution >= 0.6 is 0 Å². The number of nitrogens with one attached hydrogen (secondary N) is 1. The number of carbonyl (C=O) groups is 2. The van der Waals surface area contributed by atoms with Crippen molar-refractivity contribution in [3.63, 3.8) is 0 Å². The first-order chi connectivity index (χ1) is 10.1. The van der Waals surface area contributed by atoms with Crippen molar-refractivity contribution in [3.8, 4) is 0 Å². The van der Waals surface area contributed by atoms with Gasteiger partial charge in [-0.2, -0.15) is 5.10 Å². The standard InChI is InChI=1S/C15H22N4O2/c1-10-14(11(2)17-16-10)15(21)18-8-5-12(6-9-18)19-7-3-4-13(19)20/h12H,3-9H2,1-2H3,(H,16,17). The van der Waals surface area contributed by atoms with Gasteiger partial charge in [-0.15, -0.1) is 0 Å². The van der Waals surface area contributed by atoms with E-state index in [1.54, 1.807) is 0 Å². The molecule has 2 aliphatic heterocycles. The van der Waals surface area contributed by atoms with E-state index < -0.39 is 0 Å². The Labute approximate surface area is 124 Å². The van der Waals surface area contributed by atoms with Crippen molar-refractivity contribution in [2.24, 2.45) is 0 Å². The Kier molecular flexibility index (Phi) is 3.69. The van der Waals surface area contributed by atoms with Crippen LogP contribution in [-0.2, 0) is 4.79 Å². The summed E-state index contributed by atoms with van der Waals surface area (Å²) in [5.74, 6) is 0.339. The van der Waals surface area contributed by atoms with Crippen molar-refractivity contribution in [2.45, 2.75) is 45.6 Å². The van der Waals surface area contributed by atoms with Gasteiger partial charge in [0, 0.05) is 37.8 Å². The highest BCUT2D eigenvalue weighted by Gasteiger charge is 2.32. The largest absolute Gasteiger partial charge is 0.340 e. The minimum atomic E-state index is 0.0601. The number of H-pyrrole nitrogens is 1. The van der Waals surface area contributed by atoms with Gasteiger partial charge >= 0.3 is 0 Å². The van der Waals surface area contributed by atoms with Crippen molar-refractivity contribution in [2.75, 3.05) is 19.6 Å². The summed E-state index contributed by atoms with van der Waals surface area (Å²) in [6.45, 7) is 6.06. The van der Waals surface area contributed by atoms with Crippen LogP contribution < -0.4 is 0 Å². The summed E-state index contributed by atoms with van der Waals surface area (Å²) in [7, 11) is 0. The molecule has 0 bridgehead atoms. The summed E-state index contributed by atoms with van der Waals surface area (Å²) in [6, 6.07) is 0.315. The Morgan fingerprint density at radius 2 is 1.95 bits per heavy atom. The van der Waals surface area contributed by atoms with E-state index in [0.717, 1.165) is 50.3 Å². The van der Waals surface area contributed by atoms with Gasteiger partial charge in [0.1, 0.15) is 0 Å². The fourth-order valence-electron chi connectivity index (χ4n) is 3.46. The number of hydrogen-bond donors (Lipinski definition) is 1. The third-order valence-corrected chi connectivity index (χ3v) is 4.64. The lowest BCUT2D eigenvalue weighted by Gasteiger charge is -2.36. The van der Waals surface area contributed by atoms with Crippen molar-refractivity contribution < 1.29 is 9.59 Å². The molecule has 0 spiro atoms. The first kappa shape index (κ1) is 14.1. The first-order valence-corrected chi connectivity index (χ1v) is 7.68. The maximum atomic E-state index is 12.6. The Hall–Kier alpha value is -1.85. The van der Waals surface area contributed by atoms with E-state index in [9.17, 15) is 9.59 Å². The second-order valence-corrected chi connectivity index (χ2v) is 6.02. The van der Waals surface area contributed by atoms with E-state index in [2.05, 4.69) is 10.2 Å². The van der Waals surface area contributed by atoms with Crippen LogP contribution in [0.1, 0.15) is 47.4 Å². The van der Waals surface area contributed by atoms with E-state index in [1.807, 2.05) is 23.6 Å². The molecule has 0 atom stereocenters. The van der Waals surface area contributed by atoms with Gasteiger partial charge in [0.2, 0.25) is 5.91 Å². The average Bonchev–Trinajstić information content (AvgIpc) is 3.05. The van der Waals surface area contributed by atoms with Gasteiger partial charge < -0.3 is 9.80 Å². The summed E-state index contributed by atoms with van der Waals surface area (Å²) in [5, 5.41) is 6.96. The van der Waals surface area contributed by atoms with Gasteiger partial charge in [0.05, 0.1) is 11.3 Å². The van der Waals surface area contributed by atoms with Gasteiger partial charge in [-0.1, -0.05) is 0 Å². The molecule has 2 amide bonds. The van der Waals surface area contributed by atoms with E-state index in [1.165, 1.54) is 0 Å². The molecule has 6 heteroatoms. The van der Waals surface area contributed by atoms with Crippen LogP contribution in [0.25, 0.3) is 0 Å². The molecule has 1 aromatic rings. The molecule has 2 aliphatic rings. The van der Waals surface area contributed by atoms with Crippen LogP contribution in [0.3, 0.4) is 0 Å². The van der Waals surface area contributed by atoms with Crippen LogP contribution in [0.15, 0.2) is 0 Å². The van der Waals surface area contributed by atoms with Crippen molar-refractivity contribution in [1.82, 2.24) is 20.0 Å². The molecule has 6 nitrogen and oxygen atoms in total. The average molecular weight is 290 g/mol. The van der Waals surface area contributed by atoms with E-state index in [-0.39, 0.29) is 11.8 Å². The van der Waals surface area contributed by atoms with Gasteiger partial charge in [-0.05, 0) is 33.1 Å². The third kappa shape index (κ3) is 2.54. The number of likely N-dealkylation sites (tertiary alicyclic amines) is 2. The number of aryl methyl sites for hydroxylation is 2. The van der Waals surface area contributed by atoms with Crippen molar-refractivity contribution in [1.29, 1.82) is 0 Å². The molecule has 2 saturated heterocycles. The Morgan fingerprint density at radius 3 is 2.48 bits per heavy atom. The number of nitrogens with zero attached hydrogens (tertiary/aromatic N) is 3. The molecule has 21 heavy (non-hydrogen) atoms. The molecular formula is C15H22N4O2. The van der Waals surface area contributed by atoms with Gasteiger partial charge in [-0.25, -0.2) is 0 Å². The van der Waals surface area contributed by atoms with Gasteiger partial charge in [0.15, 0.2) is 0 Å². The molecule has 0 aromatic carbocycles. The lowest BCUT2D eigenvalue weighted by Crippen LogP contribution is -2.47. The molecule has 1 N–H and O–H groups in total. The molecule has 2 fully saturated rings. The second-order valence-electron chi connectivity index (χ2n) is 6.02. The smallest absolute Gasteiger partial charge is 0.257 e. The molecule has 0 aliphatic carbocycles. The maximum absolute atomic E-state index is 12.6. The Morgan fingerprint density at radius 1 is 1.24 bits per heavy atom. The normalized spacial score (nSPS) is 20.4. The molecular weight excluding hydrogens is 268 g/mol. The molecule has 0 unspecified atom stereocenters. The van der Waals surface area contributed by atoms with E-state index in [0.29, 0.717) is 18.0 Å². The van der Waals surface area contributed by atoms with Crippen LogP contribution in [0.4, 0.5) is 0 Å². The summed E-state index contributed by atoms with van der Waals surface area (Å²) in [5.41, 5.74) is 2.29. The van der Waals surface area contributed by atoms with Crippen LogP contribution in [0.2, 0.25) is 0 Å². The van der Waals surface area contributed by atoms with Gasteiger partial charge in [0.25, 0.3) is 5.91 Å². The fraction of sp³-hybridized carbons (Fsp3) is 0.667. The molecule has 3 rings (SSSR count). The van der Waals surface area contributed by atoms with E-state index >= 15 is 0 Å². The zero-order chi connectivity index (χ0) is 15.0. The fourth-order valence-corrected chi connectivity index (χ4v) is 3.46. The predicted octanol–water partition coefficient (Wildman–Crippen LogP) is 1.25. The molecule has 0 saturated carbocycles. The summed E-state index contributed by atoms with van der Waals surface area (Å²) < 4.78 is 0. The molecule has 114 valence electrons. The number of aromatic nitrogens is 2. The van der Waals surface area contributed by atoms with Crippen LogP contribution in [0.5, 0.6) is 0 Å². The highest BCUT2D eigenvalue weighted by atomic mass is 16.2. The summed E-state index contributed by atoms with van der Waals surface area (Å²) >= 11 is 0. The predicted molar refractivity (Wildman–Crippen MR) is 77.9 cm³/mol. The lowest BCUT2D eigenvalue weighted by molar-refractivity contribution is -0.130. The minimum absolute atomic E-state index is 0.0601. The quantitative estimate of drug-likeness (QED) is 0.891. The van der Waals surface area contributed by atoms with Crippen LogP contribution in [-0.4, -0.2) is 57.5 Å². The molecule has 1 aromatic heterocycles. The second kappa shape index (κ2) is 5.50. The van der Waals surface area contributed by atoms with Crippen molar-refractivity contribution in [3.05, 3.63) is 17.0 Å². The Balaban J connectivity index is 1.63. The summed E-state index contributed by atoms with van der Waals surface area (Å²) in [6.07, 6.45) is 3.43.